The number of rotatable bonds is 6. The Morgan fingerprint density at radius 2 is 2.22 bits per heavy atom. The fraction of sp³-hybridized carbons (Fsp3) is 0.786. The minimum atomic E-state index is 0.378. The number of piperidine rings is 1. The predicted octanol–water partition coefficient (Wildman–Crippen LogP) is 2.32. The average Bonchev–Trinajstić information content (AvgIpc) is 2.92. The molecule has 4 nitrogen and oxygen atoms in total. The molecule has 0 aromatic carbocycles. The summed E-state index contributed by atoms with van der Waals surface area (Å²) in [5.41, 5.74) is 0. The molecule has 1 aliphatic rings. The Labute approximate surface area is 110 Å². The van der Waals surface area contributed by atoms with Crippen molar-refractivity contribution in [2.45, 2.75) is 51.6 Å². The first-order valence-electron chi connectivity index (χ1n) is 7.31. The highest BCUT2D eigenvalue weighted by atomic mass is 15.1. The van der Waals surface area contributed by atoms with E-state index in [-0.39, 0.29) is 0 Å². The van der Waals surface area contributed by atoms with Gasteiger partial charge in [0.15, 0.2) is 0 Å². The van der Waals surface area contributed by atoms with Gasteiger partial charge in [0, 0.05) is 18.4 Å². The number of hydrogen-bond donors (Lipinski definition) is 2. The predicted molar refractivity (Wildman–Crippen MR) is 74.5 cm³/mol. The Balaban J connectivity index is 1.80. The molecule has 4 heteroatoms. The molecule has 0 bridgehead atoms. The number of aromatic nitrogens is 2. The summed E-state index contributed by atoms with van der Waals surface area (Å²) in [6, 6.07) is 1.02. The highest BCUT2D eigenvalue weighted by molar-refractivity contribution is 4.96. The van der Waals surface area contributed by atoms with Crippen molar-refractivity contribution in [1.29, 1.82) is 0 Å². The van der Waals surface area contributed by atoms with Crippen molar-refractivity contribution in [2.75, 3.05) is 19.6 Å². The third-order valence-corrected chi connectivity index (χ3v) is 3.82. The maximum absolute atomic E-state index is 4.37. The van der Waals surface area contributed by atoms with E-state index in [1.165, 1.54) is 38.9 Å². The minimum absolute atomic E-state index is 0.378. The molecule has 1 unspecified atom stereocenters. The number of aromatic amines is 1. The van der Waals surface area contributed by atoms with E-state index in [1.54, 1.807) is 0 Å². The first kappa shape index (κ1) is 13.6. The summed E-state index contributed by atoms with van der Waals surface area (Å²) >= 11 is 0. The number of hydrogen-bond acceptors (Lipinski definition) is 3. The Morgan fingerprint density at radius 3 is 2.78 bits per heavy atom. The van der Waals surface area contributed by atoms with Gasteiger partial charge < -0.3 is 15.2 Å². The lowest BCUT2D eigenvalue weighted by Crippen LogP contribution is -2.44. The zero-order valence-corrected chi connectivity index (χ0v) is 11.7. The molecular weight excluding hydrogens is 224 g/mol. The quantitative estimate of drug-likeness (QED) is 0.814. The van der Waals surface area contributed by atoms with Crippen molar-refractivity contribution in [1.82, 2.24) is 20.2 Å². The summed E-state index contributed by atoms with van der Waals surface area (Å²) < 4.78 is 0. The molecule has 102 valence electrons. The van der Waals surface area contributed by atoms with Gasteiger partial charge in [-0.2, -0.15) is 0 Å². The lowest BCUT2D eigenvalue weighted by atomic mass is 10.0. The molecule has 0 amide bonds. The van der Waals surface area contributed by atoms with Crippen LogP contribution in [0.3, 0.4) is 0 Å². The molecule has 2 rings (SSSR count). The van der Waals surface area contributed by atoms with Gasteiger partial charge in [-0.15, -0.1) is 0 Å². The second kappa shape index (κ2) is 6.90. The van der Waals surface area contributed by atoms with E-state index in [4.69, 9.17) is 0 Å². The molecule has 0 saturated carbocycles. The van der Waals surface area contributed by atoms with Gasteiger partial charge in [-0.3, -0.25) is 0 Å². The van der Waals surface area contributed by atoms with Crippen LogP contribution in [-0.4, -0.2) is 40.5 Å². The molecule has 1 aliphatic heterocycles. The van der Waals surface area contributed by atoms with Gasteiger partial charge in [0.2, 0.25) is 0 Å². The Morgan fingerprint density at radius 1 is 1.44 bits per heavy atom. The van der Waals surface area contributed by atoms with Crippen LogP contribution in [0.4, 0.5) is 0 Å². The molecule has 1 aromatic rings. The van der Waals surface area contributed by atoms with Crippen LogP contribution in [-0.2, 0) is 0 Å². The SMILES string of the molecule is CCCN1CCC(NC(CC)c2ncc[nH]2)CC1. The Bertz CT molecular complexity index is 315. The standard InChI is InChI=1S/C14H26N4/c1-3-9-18-10-5-12(6-11-18)17-13(4-2)14-15-7-8-16-14/h7-8,12-13,17H,3-6,9-11H2,1-2H3,(H,15,16). The number of nitrogens with zero attached hydrogens (tertiary/aromatic N) is 2. The fourth-order valence-electron chi connectivity index (χ4n) is 2.78. The lowest BCUT2D eigenvalue weighted by molar-refractivity contribution is 0.189. The van der Waals surface area contributed by atoms with Crippen molar-refractivity contribution >= 4 is 0 Å². The molecule has 0 aliphatic carbocycles. The van der Waals surface area contributed by atoms with Gasteiger partial charge in [-0.25, -0.2) is 4.98 Å². The maximum atomic E-state index is 4.37. The largest absolute Gasteiger partial charge is 0.347 e. The number of H-pyrrole nitrogens is 1. The summed E-state index contributed by atoms with van der Waals surface area (Å²) in [4.78, 5) is 10.2. The summed E-state index contributed by atoms with van der Waals surface area (Å²) in [5, 5.41) is 3.75. The second-order valence-corrected chi connectivity index (χ2v) is 5.22. The summed E-state index contributed by atoms with van der Waals surface area (Å²) in [6.07, 6.45) is 8.62. The average molecular weight is 250 g/mol. The maximum Gasteiger partial charge on any atom is 0.123 e. The summed E-state index contributed by atoms with van der Waals surface area (Å²) in [7, 11) is 0. The summed E-state index contributed by atoms with van der Waals surface area (Å²) in [6.45, 7) is 8.20. The molecule has 1 aromatic heterocycles. The van der Waals surface area contributed by atoms with E-state index in [1.807, 2.05) is 12.4 Å². The van der Waals surface area contributed by atoms with E-state index in [2.05, 4.69) is 34.0 Å². The molecule has 2 N–H and O–H groups in total. The van der Waals surface area contributed by atoms with Crippen LogP contribution < -0.4 is 5.32 Å². The minimum Gasteiger partial charge on any atom is -0.347 e. The van der Waals surface area contributed by atoms with Gasteiger partial charge in [0.25, 0.3) is 0 Å². The highest BCUT2D eigenvalue weighted by Crippen LogP contribution is 2.17. The third kappa shape index (κ3) is 3.56. The topological polar surface area (TPSA) is 44.0 Å². The second-order valence-electron chi connectivity index (χ2n) is 5.22. The van der Waals surface area contributed by atoms with Crippen LogP contribution >= 0.6 is 0 Å². The van der Waals surface area contributed by atoms with Crippen LogP contribution in [0.2, 0.25) is 0 Å². The van der Waals surface area contributed by atoms with Gasteiger partial charge in [-0.1, -0.05) is 13.8 Å². The van der Waals surface area contributed by atoms with E-state index >= 15 is 0 Å². The number of nitrogens with one attached hydrogen (secondary N) is 2. The Hall–Kier alpha value is -0.870. The van der Waals surface area contributed by atoms with E-state index in [0.29, 0.717) is 12.1 Å². The molecule has 1 fully saturated rings. The van der Waals surface area contributed by atoms with Crippen LogP contribution in [0.1, 0.15) is 51.4 Å². The van der Waals surface area contributed by atoms with E-state index in [9.17, 15) is 0 Å². The van der Waals surface area contributed by atoms with Crippen molar-refractivity contribution in [3.8, 4) is 0 Å². The smallest absolute Gasteiger partial charge is 0.123 e. The Kier molecular flexibility index (Phi) is 5.20. The zero-order valence-electron chi connectivity index (χ0n) is 11.7. The first-order chi connectivity index (χ1) is 8.83. The van der Waals surface area contributed by atoms with Crippen LogP contribution in [0, 0.1) is 0 Å². The third-order valence-electron chi connectivity index (χ3n) is 3.82. The van der Waals surface area contributed by atoms with Crippen molar-refractivity contribution < 1.29 is 0 Å². The molecule has 0 radical (unpaired) electrons. The van der Waals surface area contributed by atoms with Gasteiger partial charge >= 0.3 is 0 Å². The lowest BCUT2D eigenvalue weighted by Gasteiger charge is -2.33. The fourth-order valence-corrected chi connectivity index (χ4v) is 2.78. The molecule has 1 saturated heterocycles. The molecule has 18 heavy (non-hydrogen) atoms. The monoisotopic (exact) mass is 250 g/mol. The summed E-state index contributed by atoms with van der Waals surface area (Å²) in [5.74, 6) is 1.08. The van der Waals surface area contributed by atoms with E-state index in [0.717, 1.165) is 12.2 Å². The van der Waals surface area contributed by atoms with Crippen molar-refractivity contribution in [3.05, 3.63) is 18.2 Å². The molecule has 2 heterocycles. The zero-order chi connectivity index (χ0) is 12.8. The van der Waals surface area contributed by atoms with E-state index < -0.39 is 0 Å². The van der Waals surface area contributed by atoms with Gasteiger partial charge in [0.1, 0.15) is 5.82 Å². The van der Waals surface area contributed by atoms with Gasteiger partial charge in [0.05, 0.1) is 6.04 Å². The van der Waals surface area contributed by atoms with Gasteiger partial charge in [-0.05, 0) is 45.3 Å². The normalized spacial score (nSPS) is 20.1. The van der Waals surface area contributed by atoms with Crippen molar-refractivity contribution in [2.24, 2.45) is 0 Å². The molecular formula is C14H26N4. The number of imidazole rings is 1. The molecule has 1 atom stereocenters. The highest BCUT2D eigenvalue weighted by Gasteiger charge is 2.22. The van der Waals surface area contributed by atoms with Crippen LogP contribution in [0.5, 0.6) is 0 Å². The van der Waals surface area contributed by atoms with Crippen LogP contribution in [0.25, 0.3) is 0 Å². The molecule has 0 spiro atoms. The first-order valence-corrected chi connectivity index (χ1v) is 7.31. The number of likely N-dealkylation sites (tertiary alicyclic amines) is 1. The van der Waals surface area contributed by atoms with Crippen molar-refractivity contribution in [3.63, 3.8) is 0 Å². The van der Waals surface area contributed by atoms with Crippen LogP contribution in [0.15, 0.2) is 12.4 Å².